The van der Waals surface area contributed by atoms with E-state index in [4.69, 9.17) is 9.47 Å². The summed E-state index contributed by atoms with van der Waals surface area (Å²) in [6, 6.07) is 11.5. The van der Waals surface area contributed by atoms with Gasteiger partial charge >= 0.3 is 0 Å². The fourth-order valence-corrected chi connectivity index (χ4v) is 2.54. The van der Waals surface area contributed by atoms with Crippen LogP contribution in [0.2, 0.25) is 0 Å². The smallest absolute Gasteiger partial charge is 0.257 e. The summed E-state index contributed by atoms with van der Waals surface area (Å²) in [5, 5.41) is 0. The molecule has 0 unspecified atom stereocenters. The molecule has 0 heterocycles. The normalized spacial score (nSPS) is 10.3. The molecule has 0 radical (unpaired) electrons. The van der Waals surface area contributed by atoms with Crippen LogP contribution >= 0.6 is 0 Å². The number of carbonyl (C=O) groups excluding carboxylic acids is 1. The number of amides is 1. The van der Waals surface area contributed by atoms with E-state index in [1.807, 2.05) is 0 Å². The van der Waals surface area contributed by atoms with Gasteiger partial charge < -0.3 is 14.4 Å². The van der Waals surface area contributed by atoms with Gasteiger partial charge in [0.15, 0.2) is 0 Å². The van der Waals surface area contributed by atoms with Crippen LogP contribution in [0.3, 0.4) is 0 Å². The number of aryl methyl sites for hydroxylation is 2. The maximum atomic E-state index is 12.8. The van der Waals surface area contributed by atoms with Crippen LogP contribution in [0.5, 0.6) is 11.5 Å². The number of hydrogen-bond donors (Lipinski definition) is 0. The highest BCUT2D eigenvalue weighted by atomic mass is 16.5. The predicted octanol–water partition coefficient (Wildman–Crippen LogP) is 3.59. The third-order valence-electron chi connectivity index (χ3n) is 3.89. The summed E-state index contributed by atoms with van der Waals surface area (Å²) in [5.74, 6) is 1.08. The molecule has 0 aliphatic carbocycles. The number of methoxy groups -OCH3 is 2. The molecule has 23 heavy (non-hydrogen) atoms. The maximum Gasteiger partial charge on any atom is 0.257 e. The minimum absolute atomic E-state index is 0.0966. The molecule has 0 saturated carbocycles. The van der Waals surface area contributed by atoms with Gasteiger partial charge in [0.05, 0.1) is 19.8 Å². The Morgan fingerprint density at radius 3 is 2.39 bits per heavy atom. The van der Waals surface area contributed by atoms with E-state index >= 15 is 0 Å². The summed E-state index contributed by atoms with van der Waals surface area (Å²) in [4.78, 5) is 14.5. The van der Waals surface area contributed by atoms with Crippen molar-refractivity contribution < 1.29 is 14.3 Å². The number of carbonyl (C=O) groups is 1. The Morgan fingerprint density at radius 2 is 1.78 bits per heavy atom. The van der Waals surface area contributed by atoms with Crippen LogP contribution < -0.4 is 9.47 Å². The van der Waals surface area contributed by atoms with Crippen LogP contribution in [-0.4, -0.2) is 32.1 Å². The SMILES string of the molecule is COc1ccc(OC)c(C(=O)N(C)Cc2ccc(C)cc2C)c1. The molecule has 4 nitrogen and oxygen atoms in total. The Hall–Kier alpha value is -2.49. The largest absolute Gasteiger partial charge is 0.497 e. The Kier molecular flexibility index (Phi) is 5.27. The summed E-state index contributed by atoms with van der Waals surface area (Å²) in [6.07, 6.45) is 0. The van der Waals surface area contributed by atoms with Crippen LogP contribution in [0.1, 0.15) is 27.0 Å². The van der Waals surface area contributed by atoms with E-state index in [1.165, 1.54) is 11.1 Å². The topological polar surface area (TPSA) is 38.8 Å². The van der Waals surface area contributed by atoms with Gasteiger partial charge in [0.25, 0.3) is 5.91 Å². The second kappa shape index (κ2) is 7.18. The van der Waals surface area contributed by atoms with Gasteiger partial charge in [0, 0.05) is 13.6 Å². The van der Waals surface area contributed by atoms with Gasteiger partial charge in [-0.25, -0.2) is 0 Å². The summed E-state index contributed by atoms with van der Waals surface area (Å²) in [7, 11) is 4.93. The average Bonchev–Trinajstić information content (AvgIpc) is 2.55. The van der Waals surface area contributed by atoms with Crippen molar-refractivity contribution in [3.05, 3.63) is 58.7 Å². The Morgan fingerprint density at radius 1 is 1.04 bits per heavy atom. The van der Waals surface area contributed by atoms with E-state index in [1.54, 1.807) is 44.4 Å². The quantitative estimate of drug-likeness (QED) is 0.846. The molecular formula is C19H23NO3. The molecule has 0 saturated heterocycles. The van der Waals surface area contributed by atoms with E-state index in [9.17, 15) is 4.79 Å². The fourth-order valence-electron chi connectivity index (χ4n) is 2.54. The van der Waals surface area contributed by atoms with Crippen LogP contribution in [0.25, 0.3) is 0 Å². The van der Waals surface area contributed by atoms with Crippen LogP contribution in [0, 0.1) is 13.8 Å². The maximum absolute atomic E-state index is 12.8. The second-order valence-corrected chi connectivity index (χ2v) is 5.66. The van der Waals surface area contributed by atoms with E-state index in [-0.39, 0.29) is 5.91 Å². The van der Waals surface area contributed by atoms with Gasteiger partial charge in [-0.3, -0.25) is 4.79 Å². The molecule has 0 aliphatic rings. The van der Waals surface area contributed by atoms with Gasteiger partial charge in [-0.15, -0.1) is 0 Å². The molecule has 0 fully saturated rings. The highest BCUT2D eigenvalue weighted by Gasteiger charge is 2.18. The minimum atomic E-state index is -0.0966. The standard InChI is InChI=1S/C19H23NO3/c1-13-6-7-15(14(2)10-13)12-20(3)19(21)17-11-16(22-4)8-9-18(17)23-5/h6-11H,12H2,1-5H3. The first-order chi connectivity index (χ1) is 11.0. The summed E-state index contributed by atoms with van der Waals surface area (Å²) < 4.78 is 10.5. The molecule has 0 aromatic heterocycles. The van der Waals surface area contributed by atoms with Gasteiger partial charge in [-0.05, 0) is 43.2 Å². The van der Waals surface area contributed by atoms with Crippen LogP contribution in [-0.2, 0) is 6.54 Å². The second-order valence-electron chi connectivity index (χ2n) is 5.66. The van der Waals surface area contributed by atoms with Crippen molar-refractivity contribution in [2.75, 3.05) is 21.3 Å². The molecule has 2 rings (SSSR count). The molecule has 4 heteroatoms. The summed E-state index contributed by atoms with van der Waals surface area (Å²) in [5.41, 5.74) is 4.03. The molecule has 0 bridgehead atoms. The summed E-state index contributed by atoms with van der Waals surface area (Å²) >= 11 is 0. The number of rotatable bonds is 5. The average molecular weight is 313 g/mol. The van der Waals surface area contributed by atoms with Gasteiger partial charge in [-0.1, -0.05) is 23.8 Å². The van der Waals surface area contributed by atoms with Crippen molar-refractivity contribution in [3.8, 4) is 11.5 Å². The lowest BCUT2D eigenvalue weighted by atomic mass is 10.0. The number of benzene rings is 2. The van der Waals surface area contributed by atoms with E-state index in [2.05, 4.69) is 32.0 Å². The molecule has 2 aromatic rings. The zero-order valence-electron chi connectivity index (χ0n) is 14.3. The molecule has 122 valence electrons. The molecule has 2 aromatic carbocycles. The first kappa shape index (κ1) is 16.9. The number of hydrogen-bond acceptors (Lipinski definition) is 3. The Balaban J connectivity index is 2.25. The van der Waals surface area contributed by atoms with Gasteiger partial charge in [-0.2, -0.15) is 0 Å². The Labute approximate surface area is 137 Å². The lowest BCUT2D eigenvalue weighted by Gasteiger charge is -2.20. The van der Waals surface area contributed by atoms with E-state index in [0.717, 1.165) is 5.56 Å². The molecule has 0 spiro atoms. The van der Waals surface area contributed by atoms with Crippen LogP contribution in [0.15, 0.2) is 36.4 Å². The monoisotopic (exact) mass is 313 g/mol. The highest BCUT2D eigenvalue weighted by Crippen LogP contribution is 2.25. The van der Waals surface area contributed by atoms with Crippen molar-refractivity contribution in [2.24, 2.45) is 0 Å². The van der Waals surface area contributed by atoms with Crippen molar-refractivity contribution in [1.82, 2.24) is 4.90 Å². The lowest BCUT2D eigenvalue weighted by molar-refractivity contribution is 0.0781. The summed E-state index contributed by atoms with van der Waals surface area (Å²) in [6.45, 7) is 4.67. The zero-order chi connectivity index (χ0) is 17.0. The molecular weight excluding hydrogens is 290 g/mol. The van der Waals surface area contributed by atoms with Crippen molar-refractivity contribution in [3.63, 3.8) is 0 Å². The van der Waals surface area contributed by atoms with Crippen LogP contribution in [0.4, 0.5) is 0 Å². The zero-order valence-corrected chi connectivity index (χ0v) is 14.3. The minimum Gasteiger partial charge on any atom is -0.497 e. The van der Waals surface area contributed by atoms with Crippen molar-refractivity contribution in [2.45, 2.75) is 20.4 Å². The highest BCUT2D eigenvalue weighted by molar-refractivity contribution is 5.97. The molecule has 0 atom stereocenters. The predicted molar refractivity (Wildman–Crippen MR) is 91.3 cm³/mol. The van der Waals surface area contributed by atoms with Crippen molar-refractivity contribution in [1.29, 1.82) is 0 Å². The number of ether oxygens (including phenoxy) is 2. The van der Waals surface area contributed by atoms with E-state index < -0.39 is 0 Å². The third kappa shape index (κ3) is 3.83. The van der Waals surface area contributed by atoms with Gasteiger partial charge in [0.2, 0.25) is 0 Å². The van der Waals surface area contributed by atoms with E-state index in [0.29, 0.717) is 23.6 Å². The van der Waals surface area contributed by atoms with Crippen molar-refractivity contribution >= 4 is 5.91 Å². The molecule has 1 amide bonds. The lowest BCUT2D eigenvalue weighted by Crippen LogP contribution is -2.27. The first-order valence-electron chi connectivity index (χ1n) is 7.50. The fraction of sp³-hybridized carbons (Fsp3) is 0.316. The first-order valence-corrected chi connectivity index (χ1v) is 7.50. The Bertz CT molecular complexity index is 710. The third-order valence-corrected chi connectivity index (χ3v) is 3.89. The molecule has 0 aliphatic heterocycles. The van der Waals surface area contributed by atoms with Gasteiger partial charge in [0.1, 0.15) is 11.5 Å². The number of nitrogens with zero attached hydrogens (tertiary/aromatic N) is 1. The molecule has 0 N–H and O–H groups in total.